The molecular formula is C54H37N. The Bertz CT molecular complexity index is 2960. The second-order valence-corrected chi connectivity index (χ2v) is 14.1. The smallest absolute Gasteiger partial charge is 0.0540 e. The lowest BCUT2D eigenvalue weighted by molar-refractivity contribution is 1.28. The highest BCUT2D eigenvalue weighted by molar-refractivity contribution is 6.14. The molecule has 0 fully saturated rings. The fourth-order valence-electron chi connectivity index (χ4n) is 8.09. The molecule has 258 valence electrons. The quantitative estimate of drug-likeness (QED) is 0.150. The van der Waals surface area contributed by atoms with Crippen LogP contribution in [0.5, 0.6) is 0 Å². The molecule has 0 saturated heterocycles. The van der Waals surface area contributed by atoms with Gasteiger partial charge in [-0.05, 0) is 114 Å². The number of nitrogens with zero attached hydrogens (tertiary/aromatic N) is 1. The van der Waals surface area contributed by atoms with Gasteiger partial charge in [0, 0.05) is 16.9 Å². The maximum absolute atomic E-state index is 2.42. The van der Waals surface area contributed by atoms with Crippen LogP contribution in [0.1, 0.15) is 0 Å². The van der Waals surface area contributed by atoms with Gasteiger partial charge in [-0.15, -0.1) is 0 Å². The van der Waals surface area contributed by atoms with Crippen molar-refractivity contribution in [2.45, 2.75) is 0 Å². The molecule has 10 rings (SSSR count). The summed E-state index contributed by atoms with van der Waals surface area (Å²) in [6, 6.07) is 81.5. The van der Waals surface area contributed by atoms with Crippen molar-refractivity contribution in [3.8, 4) is 44.5 Å². The topological polar surface area (TPSA) is 3.24 Å². The Labute approximate surface area is 322 Å². The lowest BCUT2D eigenvalue weighted by Crippen LogP contribution is -2.11. The average Bonchev–Trinajstić information content (AvgIpc) is 3.27. The van der Waals surface area contributed by atoms with E-state index in [9.17, 15) is 0 Å². The number of benzene rings is 10. The number of para-hydroxylation sites is 1. The van der Waals surface area contributed by atoms with Gasteiger partial charge in [-0.2, -0.15) is 0 Å². The molecule has 0 aliphatic heterocycles. The molecule has 10 aromatic rings. The Hall–Kier alpha value is -7.22. The predicted octanol–water partition coefficient (Wildman–Crippen LogP) is 15.3. The zero-order valence-electron chi connectivity index (χ0n) is 30.3. The van der Waals surface area contributed by atoms with Gasteiger partial charge in [0.25, 0.3) is 0 Å². The third-order valence-electron chi connectivity index (χ3n) is 10.8. The first-order valence-corrected chi connectivity index (χ1v) is 18.9. The molecule has 0 heterocycles. The van der Waals surface area contributed by atoms with E-state index in [4.69, 9.17) is 0 Å². The standard InChI is InChI=1S/C54H37N/c1-2-13-38(14-3-1)40-25-27-41(28-26-40)42-31-33-47(34-32-42)55(54-24-11-10-21-50(54)46-30-29-39-15-4-5-16-43(39)35-46)48-19-12-18-44(36-48)53-37-45-17-6-7-20-49(45)51-22-8-9-23-52(51)53/h1-37H. The molecule has 0 radical (unpaired) electrons. The highest BCUT2D eigenvalue weighted by Gasteiger charge is 2.19. The average molecular weight is 700 g/mol. The fourth-order valence-corrected chi connectivity index (χ4v) is 8.09. The summed E-state index contributed by atoms with van der Waals surface area (Å²) in [7, 11) is 0. The van der Waals surface area contributed by atoms with Crippen molar-refractivity contribution >= 4 is 49.4 Å². The lowest BCUT2D eigenvalue weighted by atomic mass is 9.93. The van der Waals surface area contributed by atoms with Crippen LogP contribution < -0.4 is 4.90 Å². The summed E-state index contributed by atoms with van der Waals surface area (Å²) >= 11 is 0. The molecule has 0 bridgehead atoms. The minimum atomic E-state index is 1.10. The summed E-state index contributed by atoms with van der Waals surface area (Å²) in [6.07, 6.45) is 0. The SMILES string of the molecule is c1ccc(-c2ccc(-c3ccc(N(c4cccc(-c5cc6ccccc6c6ccccc56)c4)c4ccccc4-c4ccc5ccccc5c4)cc3)cc2)cc1. The molecule has 0 N–H and O–H groups in total. The first-order valence-electron chi connectivity index (χ1n) is 18.9. The predicted molar refractivity (Wildman–Crippen MR) is 235 cm³/mol. The fraction of sp³-hybridized carbons (Fsp3) is 0. The van der Waals surface area contributed by atoms with Crippen molar-refractivity contribution in [3.05, 3.63) is 224 Å². The molecule has 0 amide bonds. The Morgan fingerprint density at radius 2 is 0.764 bits per heavy atom. The Balaban J connectivity index is 1.11. The molecular weight excluding hydrogens is 663 g/mol. The Morgan fingerprint density at radius 1 is 0.236 bits per heavy atom. The van der Waals surface area contributed by atoms with E-state index in [0.717, 1.165) is 17.1 Å². The van der Waals surface area contributed by atoms with Gasteiger partial charge in [0.1, 0.15) is 0 Å². The molecule has 55 heavy (non-hydrogen) atoms. The largest absolute Gasteiger partial charge is 0.310 e. The summed E-state index contributed by atoms with van der Waals surface area (Å²) in [5, 5.41) is 7.51. The van der Waals surface area contributed by atoms with Gasteiger partial charge in [0.15, 0.2) is 0 Å². The summed E-state index contributed by atoms with van der Waals surface area (Å²) in [5.74, 6) is 0. The summed E-state index contributed by atoms with van der Waals surface area (Å²) in [5.41, 5.74) is 12.9. The molecule has 0 aliphatic rings. The third kappa shape index (κ3) is 6.12. The molecule has 1 nitrogen and oxygen atoms in total. The maximum Gasteiger partial charge on any atom is 0.0540 e. The minimum absolute atomic E-state index is 1.10. The van der Waals surface area contributed by atoms with Crippen molar-refractivity contribution in [3.63, 3.8) is 0 Å². The van der Waals surface area contributed by atoms with Gasteiger partial charge in [0.05, 0.1) is 5.69 Å². The first kappa shape index (κ1) is 32.4. The van der Waals surface area contributed by atoms with E-state index in [1.807, 2.05) is 0 Å². The number of hydrogen-bond donors (Lipinski definition) is 0. The van der Waals surface area contributed by atoms with Crippen molar-refractivity contribution in [1.82, 2.24) is 0 Å². The van der Waals surface area contributed by atoms with E-state index in [2.05, 4.69) is 229 Å². The number of hydrogen-bond acceptors (Lipinski definition) is 1. The van der Waals surface area contributed by atoms with E-state index in [1.165, 1.54) is 76.8 Å². The molecule has 1 heteroatoms. The van der Waals surface area contributed by atoms with Gasteiger partial charge < -0.3 is 4.90 Å². The minimum Gasteiger partial charge on any atom is -0.310 e. The van der Waals surface area contributed by atoms with Gasteiger partial charge in [0.2, 0.25) is 0 Å². The van der Waals surface area contributed by atoms with Crippen LogP contribution in [0.4, 0.5) is 17.1 Å². The zero-order valence-corrected chi connectivity index (χ0v) is 30.3. The van der Waals surface area contributed by atoms with Crippen molar-refractivity contribution in [2.75, 3.05) is 4.90 Å². The normalized spacial score (nSPS) is 11.3. The van der Waals surface area contributed by atoms with E-state index in [1.54, 1.807) is 0 Å². The summed E-state index contributed by atoms with van der Waals surface area (Å²) in [6.45, 7) is 0. The van der Waals surface area contributed by atoms with E-state index in [-0.39, 0.29) is 0 Å². The van der Waals surface area contributed by atoms with Crippen LogP contribution in [-0.2, 0) is 0 Å². The Kier molecular flexibility index (Phi) is 8.24. The molecule has 10 aromatic carbocycles. The van der Waals surface area contributed by atoms with Crippen molar-refractivity contribution in [1.29, 1.82) is 0 Å². The van der Waals surface area contributed by atoms with Crippen LogP contribution in [0.3, 0.4) is 0 Å². The molecule has 0 aromatic heterocycles. The molecule has 0 aliphatic carbocycles. The van der Waals surface area contributed by atoms with E-state index in [0.29, 0.717) is 0 Å². The first-order chi connectivity index (χ1) is 27.3. The zero-order chi connectivity index (χ0) is 36.6. The molecule has 0 atom stereocenters. The Morgan fingerprint density at radius 3 is 1.53 bits per heavy atom. The molecule has 0 saturated carbocycles. The van der Waals surface area contributed by atoms with Crippen molar-refractivity contribution in [2.24, 2.45) is 0 Å². The van der Waals surface area contributed by atoms with E-state index >= 15 is 0 Å². The summed E-state index contributed by atoms with van der Waals surface area (Å²) in [4.78, 5) is 2.42. The summed E-state index contributed by atoms with van der Waals surface area (Å²) < 4.78 is 0. The van der Waals surface area contributed by atoms with Gasteiger partial charge in [-0.1, -0.05) is 182 Å². The second-order valence-electron chi connectivity index (χ2n) is 14.1. The lowest BCUT2D eigenvalue weighted by Gasteiger charge is -2.28. The monoisotopic (exact) mass is 699 g/mol. The third-order valence-corrected chi connectivity index (χ3v) is 10.8. The number of fused-ring (bicyclic) bond motifs is 4. The highest BCUT2D eigenvalue weighted by atomic mass is 15.1. The van der Waals surface area contributed by atoms with Crippen LogP contribution in [0.2, 0.25) is 0 Å². The highest BCUT2D eigenvalue weighted by Crippen LogP contribution is 2.44. The van der Waals surface area contributed by atoms with Gasteiger partial charge in [-0.25, -0.2) is 0 Å². The van der Waals surface area contributed by atoms with Gasteiger partial charge >= 0.3 is 0 Å². The van der Waals surface area contributed by atoms with Crippen LogP contribution in [0.15, 0.2) is 224 Å². The van der Waals surface area contributed by atoms with Crippen LogP contribution in [0, 0.1) is 0 Å². The number of anilines is 3. The van der Waals surface area contributed by atoms with Crippen molar-refractivity contribution < 1.29 is 0 Å². The number of rotatable bonds is 7. The van der Waals surface area contributed by atoms with Crippen LogP contribution in [-0.4, -0.2) is 0 Å². The maximum atomic E-state index is 2.42. The van der Waals surface area contributed by atoms with Gasteiger partial charge in [-0.3, -0.25) is 0 Å². The second kappa shape index (κ2) is 14.0. The van der Waals surface area contributed by atoms with E-state index < -0.39 is 0 Å². The molecule has 0 spiro atoms. The molecule has 0 unspecified atom stereocenters. The van der Waals surface area contributed by atoms with Crippen LogP contribution in [0.25, 0.3) is 76.8 Å². The van der Waals surface area contributed by atoms with Crippen LogP contribution >= 0.6 is 0 Å².